The fourth-order valence-corrected chi connectivity index (χ4v) is 0.977. The SMILES string of the molecule is COC(=O)CCC1CNC1.Cl. The van der Waals surface area contributed by atoms with Crippen molar-refractivity contribution >= 4 is 18.4 Å². The summed E-state index contributed by atoms with van der Waals surface area (Å²) in [6, 6.07) is 0. The first-order chi connectivity index (χ1) is 4.83. The van der Waals surface area contributed by atoms with Crippen molar-refractivity contribution in [2.75, 3.05) is 20.2 Å². The highest BCUT2D eigenvalue weighted by Gasteiger charge is 2.17. The molecule has 1 fully saturated rings. The number of methoxy groups -OCH3 is 1. The Bertz CT molecular complexity index is 126. The summed E-state index contributed by atoms with van der Waals surface area (Å²) in [6.45, 7) is 2.13. The summed E-state index contributed by atoms with van der Waals surface area (Å²) < 4.78 is 4.51. The van der Waals surface area contributed by atoms with Crippen LogP contribution in [0.5, 0.6) is 0 Å². The summed E-state index contributed by atoms with van der Waals surface area (Å²) in [5, 5.41) is 3.15. The van der Waals surface area contributed by atoms with Crippen molar-refractivity contribution in [3.05, 3.63) is 0 Å². The largest absolute Gasteiger partial charge is 0.469 e. The number of carbonyl (C=O) groups is 1. The number of hydrogen-bond donors (Lipinski definition) is 1. The third-order valence-electron chi connectivity index (χ3n) is 1.85. The van der Waals surface area contributed by atoms with Gasteiger partial charge in [0.1, 0.15) is 0 Å². The predicted octanol–water partition coefficient (Wildman–Crippen LogP) is 0.581. The molecule has 1 aliphatic heterocycles. The number of ether oxygens (including phenoxy) is 1. The van der Waals surface area contributed by atoms with E-state index in [-0.39, 0.29) is 18.4 Å². The van der Waals surface area contributed by atoms with Crippen molar-refractivity contribution in [2.24, 2.45) is 5.92 Å². The summed E-state index contributed by atoms with van der Waals surface area (Å²) in [5.41, 5.74) is 0. The van der Waals surface area contributed by atoms with Crippen molar-refractivity contribution in [3.8, 4) is 0 Å². The van der Waals surface area contributed by atoms with Gasteiger partial charge in [-0.3, -0.25) is 4.79 Å². The fourth-order valence-electron chi connectivity index (χ4n) is 0.977. The maximum absolute atomic E-state index is 10.6. The topological polar surface area (TPSA) is 38.3 Å². The van der Waals surface area contributed by atoms with E-state index in [9.17, 15) is 4.79 Å². The van der Waals surface area contributed by atoms with Crippen molar-refractivity contribution in [1.82, 2.24) is 5.32 Å². The molecule has 0 amide bonds. The van der Waals surface area contributed by atoms with Crippen LogP contribution in [-0.2, 0) is 9.53 Å². The van der Waals surface area contributed by atoms with Gasteiger partial charge in [0.05, 0.1) is 7.11 Å². The van der Waals surface area contributed by atoms with Crippen LogP contribution in [-0.4, -0.2) is 26.2 Å². The van der Waals surface area contributed by atoms with Gasteiger partial charge in [0, 0.05) is 6.42 Å². The molecule has 0 radical (unpaired) electrons. The Balaban J connectivity index is 0.000001000. The highest BCUT2D eigenvalue weighted by Crippen LogP contribution is 2.10. The highest BCUT2D eigenvalue weighted by atomic mass is 35.5. The van der Waals surface area contributed by atoms with Crippen LogP contribution in [0.15, 0.2) is 0 Å². The van der Waals surface area contributed by atoms with E-state index >= 15 is 0 Å². The Morgan fingerprint density at radius 1 is 1.64 bits per heavy atom. The Hall–Kier alpha value is -0.280. The van der Waals surface area contributed by atoms with E-state index in [0.717, 1.165) is 19.5 Å². The second-order valence-electron chi connectivity index (χ2n) is 2.64. The van der Waals surface area contributed by atoms with E-state index in [0.29, 0.717) is 12.3 Å². The Kier molecular flexibility index (Phi) is 5.24. The molecular weight excluding hydrogens is 166 g/mol. The number of rotatable bonds is 3. The van der Waals surface area contributed by atoms with Gasteiger partial charge in [-0.05, 0) is 25.4 Å². The molecule has 0 aromatic heterocycles. The summed E-state index contributed by atoms with van der Waals surface area (Å²) in [5.74, 6) is 0.617. The van der Waals surface area contributed by atoms with Gasteiger partial charge in [0.15, 0.2) is 0 Å². The number of esters is 1. The third kappa shape index (κ3) is 3.58. The van der Waals surface area contributed by atoms with Crippen molar-refractivity contribution in [3.63, 3.8) is 0 Å². The molecule has 1 saturated heterocycles. The minimum absolute atomic E-state index is 0. The standard InChI is InChI=1S/C7H13NO2.ClH/c1-10-7(9)3-2-6-4-8-5-6;/h6,8H,2-5H2,1H3;1H. The van der Waals surface area contributed by atoms with Gasteiger partial charge in [-0.2, -0.15) is 0 Å². The molecule has 0 aliphatic carbocycles. The molecule has 0 unspecified atom stereocenters. The van der Waals surface area contributed by atoms with E-state index in [1.54, 1.807) is 0 Å². The molecule has 0 bridgehead atoms. The number of halogens is 1. The number of nitrogens with one attached hydrogen (secondary N) is 1. The Morgan fingerprint density at radius 3 is 2.64 bits per heavy atom. The molecule has 1 rings (SSSR count). The van der Waals surface area contributed by atoms with Gasteiger partial charge in [-0.25, -0.2) is 0 Å². The van der Waals surface area contributed by atoms with Gasteiger partial charge in [-0.1, -0.05) is 0 Å². The lowest BCUT2D eigenvalue weighted by Gasteiger charge is -2.26. The van der Waals surface area contributed by atoms with Gasteiger partial charge >= 0.3 is 5.97 Å². The molecule has 0 saturated carbocycles. The van der Waals surface area contributed by atoms with Crippen LogP contribution in [0.1, 0.15) is 12.8 Å². The molecule has 3 nitrogen and oxygen atoms in total. The van der Waals surface area contributed by atoms with Gasteiger partial charge < -0.3 is 10.1 Å². The van der Waals surface area contributed by atoms with Crippen molar-refractivity contribution in [1.29, 1.82) is 0 Å². The molecule has 0 atom stereocenters. The molecule has 11 heavy (non-hydrogen) atoms. The monoisotopic (exact) mass is 179 g/mol. The zero-order valence-electron chi connectivity index (χ0n) is 6.63. The van der Waals surface area contributed by atoms with Crippen LogP contribution in [0.2, 0.25) is 0 Å². The van der Waals surface area contributed by atoms with Gasteiger partial charge in [0.2, 0.25) is 0 Å². The molecule has 1 heterocycles. The summed E-state index contributed by atoms with van der Waals surface area (Å²) in [4.78, 5) is 10.6. The molecule has 0 spiro atoms. The van der Waals surface area contributed by atoms with E-state index in [4.69, 9.17) is 0 Å². The van der Waals surface area contributed by atoms with Crippen LogP contribution in [0.25, 0.3) is 0 Å². The third-order valence-corrected chi connectivity index (χ3v) is 1.85. The van der Waals surface area contributed by atoms with Gasteiger partial charge in [0.25, 0.3) is 0 Å². The first-order valence-electron chi connectivity index (χ1n) is 3.60. The Morgan fingerprint density at radius 2 is 2.27 bits per heavy atom. The first kappa shape index (κ1) is 10.7. The first-order valence-corrected chi connectivity index (χ1v) is 3.60. The number of hydrogen-bond acceptors (Lipinski definition) is 3. The zero-order valence-corrected chi connectivity index (χ0v) is 7.45. The lowest BCUT2D eigenvalue weighted by molar-refractivity contribution is -0.141. The second-order valence-corrected chi connectivity index (χ2v) is 2.64. The van der Waals surface area contributed by atoms with Crippen LogP contribution < -0.4 is 5.32 Å². The molecular formula is C7H14ClNO2. The van der Waals surface area contributed by atoms with Crippen LogP contribution >= 0.6 is 12.4 Å². The molecule has 1 aliphatic rings. The molecule has 1 N–H and O–H groups in total. The van der Waals surface area contributed by atoms with Gasteiger partial charge in [-0.15, -0.1) is 12.4 Å². The lowest BCUT2D eigenvalue weighted by atomic mass is 9.98. The molecule has 4 heteroatoms. The Labute approximate surface area is 72.9 Å². The molecule has 0 aromatic carbocycles. The minimum atomic E-state index is -0.0908. The van der Waals surface area contributed by atoms with E-state index < -0.39 is 0 Å². The lowest BCUT2D eigenvalue weighted by Crippen LogP contribution is -2.42. The zero-order chi connectivity index (χ0) is 7.40. The quantitative estimate of drug-likeness (QED) is 0.645. The van der Waals surface area contributed by atoms with E-state index in [2.05, 4.69) is 10.1 Å². The maximum Gasteiger partial charge on any atom is 0.305 e. The van der Waals surface area contributed by atoms with E-state index in [1.165, 1.54) is 7.11 Å². The second kappa shape index (κ2) is 5.38. The molecule has 0 aromatic rings. The average Bonchev–Trinajstić information content (AvgIpc) is 1.84. The summed E-state index contributed by atoms with van der Waals surface area (Å²) >= 11 is 0. The summed E-state index contributed by atoms with van der Waals surface area (Å²) in [6.07, 6.45) is 1.54. The van der Waals surface area contributed by atoms with E-state index in [1.807, 2.05) is 0 Å². The highest BCUT2D eigenvalue weighted by molar-refractivity contribution is 5.85. The molecule has 66 valence electrons. The van der Waals surface area contributed by atoms with Crippen molar-refractivity contribution in [2.45, 2.75) is 12.8 Å². The van der Waals surface area contributed by atoms with Crippen molar-refractivity contribution < 1.29 is 9.53 Å². The van der Waals surface area contributed by atoms with Crippen LogP contribution in [0.3, 0.4) is 0 Å². The number of carbonyl (C=O) groups excluding carboxylic acids is 1. The fraction of sp³-hybridized carbons (Fsp3) is 0.857. The van der Waals surface area contributed by atoms with Crippen LogP contribution in [0, 0.1) is 5.92 Å². The minimum Gasteiger partial charge on any atom is -0.469 e. The normalized spacial score (nSPS) is 16.5. The van der Waals surface area contributed by atoms with Crippen LogP contribution in [0.4, 0.5) is 0 Å². The smallest absolute Gasteiger partial charge is 0.305 e. The average molecular weight is 180 g/mol. The predicted molar refractivity (Wildman–Crippen MR) is 44.9 cm³/mol. The summed E-state index contributed by atoms with van der Waals surface area (Å²) in [7, 11) is 1.43. The maximum atomic E-state index is 10.6.